The number of rotatable bonds is 5. The molecule has 1 N–H and O–H groups in total. The Kier molecular flexibility index (Phi) is 6.99. The molecule has 0 spiro atoms. The third kappa shape index (κ3) is 4.74. The first kappa shape index (κ1) is 26.1. The van der Waals surface area contributed by atoms with Gasteiger partial charge in [0.15, 0.2) is 5.78 Å². The zero-order valence-corrected chi connectivity index (χ0v) is 21.8. The number of nitrogens with zero attached hydrogens (tertiary/aromatic N) is 3. The second-order valence-corrected chi connectivity index (χ2v) is 9.26. The van der Waals surface area contributed by atoms with Crippen LogP contribution in [0.4, 0.5) is 5.69 Å². The van der Waals surface area contributed by atoms with E-state index in [9.17, 15) is 24.8 Å². The van der Waals surface area contributed by atoms with Crippen molar-refractivity contribution < 1.29 is 19.6 Å². The lowest BCUT2D eigenvalue weighted by atomic mass is 9.95. The number of hydrogen-bond acceptors (Lipinski definition) is 4. The number of nitro benzene ring substituents is 1. The highest BCUT2D eigenvalue weighted by Gasteiger charge is 2.29. The number of hydrogen-bond donors (Lipinski definition) is 1. The molecule has 198 valence electrons. The molecule has 0 radical (unpaired) electrons. The van der Waals surface area contributed by atoms with Gasteiger partial charge in [-0.15, -0.1) is 0 Å². The summed E-state index contributed by atoms with van der Waals surface area (Å²) < 4.78 is 3.97. The molecule has 40 heavy (non-hydrogen) atoms. The van der Waals surface area contributed by atoms with E-state index in [1.807, 2.05) is 28.8 Å². The van der Waals surface area contributed by atoms with Crippen LogP contribution in [-0.4, -0.2) is 30.8 Å². The Morgan fingerprint density at radius 1 is 0.825 bits per heavy atom. The summed E-state index contributed by atoms with van der Waals surface area (Å²) in [4.78, 5) is 35.0. The summed E-state index contributed by atoms with van der Waals surface area (Å²) in [5, 5.41) is 21.2. The van der Waals surface area contributed by atoms with Gasteiger partial charge in [0.2, 0.25) is 0 Å². The van der Waals surface area contributed by atoms with E-state index in [2.05, 4.69) is 59.3 Å². The number of benzene rings is 3. The van der Waals surface area contributed by atoms with Gasteiger partial charge in [0.05, 0.1) is 10.5 Å². The molecule has 6 aromatic rings. The van der Waals surface area contributed by atoms with Gasteiger partial charge in [-0.05, 0) is 42.8 Å². The van der Waals surface area contributed by atoms with Crippen LogP contribution in [-0.2, 0) is 7.05 Å². The lowest BCUT2D eigenvalue weighted by molar-refractivity contribution is -0.385. The molecule has 0 fully saturated rings. The smallest absolute Gasteiger partial charge is 0.343 e. The predicted octanol–water partition coefficient (Wildman–Crippen LogP) is 6.93. The third-order valence-corrected chi connectivity index (χ3v) is 6.94. The van der Waals surface area contributed by atoms with Crippen molar-refractivity contribution in [3.63, 3.8) is 0 Å². The first-order chi connectivity index (χ1) is 19.3. The van der Waals surface area contributed by atoms with Crippen LogP contribution >= 0.6 is 0 Å². The lowest BCUT2D eigenvalue weighted by Crippen LogP contribution is -2.13. The van der Waals surface area contributed by atoms with E-state index in [4.69, 9.17) is 0 Å². The van der Waals surface area contributed by atoms with E-state index in [1.165, 1.54) is 28.8 Å². The number of carboxylic acid groups (broad SMARTS) is 1. The van der Waals surface area contributed by atoms with Gasteiger partial charge in [-0.3, -0.25) is 14.9 Å². The van der Waals surface area contributed by atoms with Gasteiger partial charge in [0.1, 0.15) is 5.56 Å². The van der Waals surface area contributed by atoms with Crippen molar-refractivity contribution >= 4 is 33.9 Å². The molecule has 3 heterocycles. The molecule has 0 amide bonds. The molecule has 0 saturated carbocycles. The topological polar surface area (TPSA) is 107 Å². The van der Waals surface area contributed by atoms with Crippen LogP contribution in [0.25, 0.3) is 27.5 Å². The fourth-order valence-corrected chi connectivity index (χ4v) is 4.89. The Bertz CT molecular complexity index is 1870. The summed E-state index contributed by atoms with van der Waals surface area (Å²) >= 11 is 0. The summed E-state index contributed by atoms with van der Waals surface area (Å²) in [5.74, 6) is -2.05. The largest absolute Gasteiger partial charge is 0.477 e. The molecular weight excluding hydrogens is 506 g/mol. The van der Waals surface area contributed by atoms with Crippen molar-refractivity contribution in [2.45, 2.75) is 6.92 Å². The maximum absolute atomic E-state index is 13.1. The molecule has 8 heteroatoms. The molecule has 6 rings (SSSR count). The number of carbonyl (C=O) groups is 2. The first-order valence-corrected chi connectivity index (χ1v) is 12.5. The molecule has 3 aromatic heterocycles. The van der Waals surface area contributed by atoms with Crippen LogP contribution in [0, 0.1) is 17.0 Å². The number of nitro groups is 1. The van der Waals surface area contributed by atoms with Crippen molar-refractivity contribution in [1.82, 2.24) is 8.97 Å². The van der Waals surface area contributed by atoms with Crippen molar-refractivity contribution in [3.05, 3.63) is 142 Å². The van der Waals surface area contributed by atoms with Crippen molar-refractivity contribution in [1.29, 1.82) is 0 Å². The summed E-state index contributed by atoms with van der Waals surface area (Å²) in [6, 6.07) is 29.8. The normalized spacial score (nSPS) is 10.8. The monoisotopic (exact) mass is 531 g/mol. The number of aromatic nitrogens is 2. The van der Waals surface area contributed by atoms with Gasteiger partial charge in [0, 0.05) is 58.7 Å². The van der Waals surface area contributed by atoms with Gasteiger partial charge in [-0.1, -0.05) is 60.7 Å². The van der Waals surface area contributed by atoms with Crippen LogP contribution in [0.3, 0.4) is 0 Å². The zero-order chi connectivity index (χ0) is 28.4. The van der Waals surface area contributed by atoms with E-state index in [1.54, 1.807) is 26.1 Å². The maximum Gasteiger partial charge on any atom is 0.343 e. The van der Waals surface area contributed by atoms with E-state index < -0.39 is 27.9 Å². The Morgan fingerprint density at radius 3 is 2.23 bits per heavy atom. The predicted molar refractivity (Wildman–Crippen MR) is 154 cm³/mol. The van der Waals surface area contributed by atoms with Crippen LogP contribution in [0.1, 0.15) is 32.0 Å². The SMILES string of the molecule is Cc1c(C(=O)c2cccc([N+](=O)[O-])c2C(=O)O)c2ccccc2n1C.c1ccc(-c2cc3ccccn3c2)cc1. The minimum absolute atomic E-state index is 0.193. The molecule has 8 nitrogen and oxygen atoms in total. The molecule has 0 aliphatic rings. The van der Waals surface area contributed by atoms with Crippen LogP contribution in [0.2, 0.25) is 0 Å². The highest BCUT2D eigenvalue weighted by molar-refractivity contribution is 6.21. The Labute approximate surface area is 229 Å². The van der Waals surface area contributed by atoms with Crippen LogP contribution in [0.15, 0.2) is 109 Å². The number of aryl methyl sites for hydroxylation is 1. The van der Waals surface area contributed by atoms with E-state index in [-0.39, 0.29) is 5.56 Å². The highest BCUT2D eigenvalue weighted by Crippen LogP contribution is 2.30. The molecule has 0 aliphatic heterocycles. The number of pyridine rings is 1. The average molecular weight is 532 g/mol. The number of fused-ring (bicyclic) bond motifs is 2. The fraction of sp³-hybridized carbons (Fsp3) is 0.0625. The summed E-state index contributed by atoms with van der Waals surface area (Å²) in [5.41, 5.74) is 4.21. The van der Waals surface area contributed by atoms with Gasteiger partial charge < -0.3 is 14.1 Å². The molecule has 0 unspecified atom stereocenters. The van der Waals surface area contributed by atoms with Crippen LogP contribution < -0.4 is 0 Å². The molecule has 3 aromatic carbocycles. The summed E-state index contributed by atoms with van der Waals surface area (Å²) in [6.07, 6.45) is 4.23. The van der Waals surface area contributed by atoms with Crippen molar-refractivity contribution in [2.24, 2.45) is 7.05 Å². The summed E-state index contributed by atoms with van der Waals surface area (Å²) in [6.45, 7) is 1.75. The van der Waals surface area contributed by atoms with E-state index in [0.29, 0.717) is 16.6 Å². The number of aromatic carboxylic acids is 1. The number of carbonyl (C=O) groups excluding carboxylic acids is 1. The van der Waals surface area contributed by atoms with Gasteiger partial charge in [0.25, 0.3) is 5.69 Å². The second-order valence-electron chi connectivity index (χ2n) is 9.26. The standard InChI is InChI=1S/C18H14N2O5.C14H11N/c1-10-15(11-6-3-4-8-13(11)19(10)2)17(21)12-7-5-9-14(20(24)25)16(12)18(22)23;1-2-6-12(7-3-1)13-10-14-8-4-5-9-15(14)11-13/h3-9H,1-2H3,(H,22,23);1-11H. The number of carboxylic acids is 1. The third-order valence-electron chi connectivity index (χ3n) is 6.94. The Morgan fingerprint density at radius 2 is 1.52 bits per heavy atom. The van der Waals surface area contributed by atoms with Crippen molar-refractivity contribution in [3.8, 4) is 11.1 Å². The fourth-order valence-electron chi connectivity index (χ4n) is 4.89. The number of ketones is 1. The van der Waals surface area contributed by atoms with Crippen LogP contribution in [0.5, 0.6) is 0 Å². The van der Waals surface area contributed by atoms with Gasteiger partial charge >= 0.3 is 5.97 Å². The van der Waals surface area contributed by atoms with E-state index >= 15 is 0 Å². The lowest BCUT2D eigenvalue weighted by Gasteiger charge is -2.07. The zero-order valence-electron chi connectivity index (χ0n) is 21.8. The van der Waals surface area contributed by atoms with E-state index in [0.717, 1.165) is 11.6 Å². The molecule has 0 saturated heterocycles. The molecular formula is C32H25N3O5. The Hall–Kier alpha value is -5.50. The molecule has 0 aliphatic carbocycles. The molecule has 0 bridgehead atoms. The number of para-hydroxylation sites is 1. The minimum atomic E-state index is -1.51. The quantitative estimate of drug-likeness (QED) is 0.147. The highest BCUT2D eigenvalue weighted by atomic mass is 16.6. The Balaban J connectivity index is 0.000000182. The summed E-state index contributed by atoms with van der Waals surface area (Å²) in [7, 11) is 1.81. The first-order valence-electron chi connectivity index (χ1n) is 12.5. The molecule has 0 atom stereocenters. The minimum Gasteiger partial charge on any atom is -0.477 e. The van der Waals surface area contributed by atoms with Gasteiger partial charge in [-0.25, -0.2) is 4.79 Å². The maximum atomic E-state index is 13.1. The second kappa shape index (κ2) is 10.7. The average Bonchev–Trinajstić information content (AvgIpc) is 3.52. The van der Waals surface area contributed by atoms with Crippen molar-refractivity contribution in [2.75, 3.05) is 0 Å². The van der Waals surface area contributed by atoms with Gasteiger partial charge in [-0.2, -0.15) is 0 Å².